The molecule has 0 heterocycles. The molecule has 0 aromatic carbocycles. The van der Waals surface area contributed by atoms with Gasteiger partial charge in [-0.2, -0.15) is 0 Å². The zero-order valence-electron chi connectivity index (χ0n) is 13.4. The number of hydrogen-bond donors (Lipinski definition) is 0. The second-order valence-electron chi connectivity index (χ2n) is 5.14. The second-order valence-corrected chi connectivity index (χ2v) is 5.14. The Morgan fingerprint density at radius 3 is 2.20 bits per heavy atom. The quantitative estimate of drug-likeness (QED) is 0.250. The minimum absolute atomic E-state index is 0.0531. The topological polar surface area (TPSA) is 26.3 Å². The highest BCUT2D eigenvalue weighted by Gasteiger charge is 2.00. The fourth-order valence-electron chi connectivity index (χ4n) is 1.85. The molecule has 0 spiro atoms. The summed E-state index contributed by atoms with van der Waals surface area (Å²) in [6.07, 6.45) is 19.4. The largest absolute Gasteiger partial charge is 0.465 e. The smallest absolute Gasteiger partial charge is 0.305 e. The summed E-state index contributed by atoms with van der Waals surface area (Å²) in [4.78, 5) is 11.3. The fourth-order valence-corrected chi connectivity index (χ4v) is 1.85. The summed E-state index contributed by atoms with van der Waals surface area (Å²) in [5.74, 6) is -0.0531. The van der Waals surface area contributed by atoms with Crippen LogP contribution in [0.25, 0.3) is 0 Å². The van der Waals surface area contributed by atoms with Crippen LogP contribution in [-0.4, -0.2) is 12.6 Å². The van der Waals surface area contributed by atoms with Crippen molar-refractivity contribution in [3.63, 3.8) is 0 Å². The standard InChI is InChI=1S/C18H32O2/c1-3-5-7-8-9-10-11-12-13-15-17-20-18(19)16-14-6-4-2/h9-10,12-13H,3-8,11,14-17H2,1-2H3/b10-9-,13-12-. The van der Waals surface area contributed by atoms with Crippen LogP contribution in [0.4, 0.5) is 0 Å². The van der Waals surface area contributed by atoms with E-state index >= 15 is 0 Å². The summed E-state index contributed by atoms with van der Waals surface area (Å²) < 4.78 is 5.15. The molecular weight excluding hydrogens is 248 g/mol. The first-order chi connectivity index (χ1) is 9.81. The summed E-state index contributed by atoms with van der Waals surface area (Å²) in [5.41, 5.74) is 0. The van der Waals surface area contributed by atoms with Gasteiger partial charge >= 0.3 is 5.97 Å². The molecule has 0 aliphatic carbocycles. The lowest BCUT2D eigenvalue weighted by Crippen LogP contribution is -2.04. The summed E-state index contributed by atoms with van der Waals surface area (Å²) in [7, 11) is 0. The van der Waals surface area contributed by atoms with Gasteiger partial charge in [-0.3, -0.25) is 4.79 Å². The molecule has 116 valence electrons. The van der Waals surface area contributed by atoms with E-state index in [-0.39, 0.29) is 5.97 Å². The lowest BCUT2D eigenvalue weighted by atomic mass is 10.2. The number of rotatable bonds is 13. The Kier molecular flexibility index (Phi) is 15.2. The average Bonchev–Trinajstić information content (AvgIpc) is 2.45. The normalized spacial score (nSPS) is 11.5. The molecule has 0 saturated heterocycles. The zero-order chi connectivity index (χ0) is 14.9. The van der Waals surface area contributed by atoms with Gasteiger partial charge in [0.15, 0.2) is 0 Å². The second kappa shape index (κ2) is 16.0. The van der Waals surface area contributed by atoms with E-state index in [9.17, 15) is 4.79 Å². The van der Waals surface area contributed by atoms with E-state index in [1.165, 1.54) is 25.7 Å². The van der Waals surface area contributed by atoms with E-state index in [1.807, 2.05) is 0 Å². The molecule has 0 bridgehead atoms. The number of hydrogen-bond acceptors (Lipinski definition) is 2. The van der Waals surface area contributed by atoms with Gasteiger partial charge in [0.1, 0.15) is 0 Å². The first-order valence-corrected chi connectivity index (χ1v) is 8.26. The minimum atomic E-state index is -0.0531. The van der Waals surface area contributed by atoms with Crippen molar-refractivity contribution < 1.29 is 9.53 Å². The maximum absolute atomic E-state index is 11.3. The molecule has 0 aromatic rings. The average molecular weight is 280 g/mol. The molecule has 0 unspecified atom stereocenters. The molecule has 0 aliphatic rings. The van der Waals surface area contributed by atoms with Gasteiger partial charge in [-0.1, -0.05) is 63.8 Å². The van der Waals surface area contributed by atoms with Crippen molar-refractivity contribution in [2.75, 3.05) is 6.61 Å². The van der Waals surface area contributed by atoms with Crippen molar-refractivity contribution in [3.8, 4) is 0 Å². The Morgan fingerprint density at radius 1 is 0.850 bits per heavy atom. The number of allylic oxidation sites excluding steroid dienone is 3. The van der Waals surface area contributed by atoms with Gasteiger partial charge in [-0.15, -0.1) is 0 Å². The summed E-state index contributed by atoms with van der Waals surface area (Å²) in [6.45, 7) is 4.87. The van der Waals surface area contributed by atoms with Crippen LogP contribution in [-0.2, 0) is 9.53 Å². The fraction of sp³-hybridized carbons (Fsp3) is 0.722. The molecule has 0 saturated carbocycles. The monoisotopic (exact) mass is 280 g/mol. The van der Waals surface area contributed by atoms with Crippen LogP contribution in [0.2, 0.25) is 0 Å². The van der Waals surface area contributed by atoms with Gasteiger partial charge in [-0.25, -0.2) is 0 Å². The van der Waals surface area contributed by atoms with Gasteiger partial charge in [0.25, 0.3) is 0 Å². The van der Waals surface area contributed by atoms with E-state index in [4.69, 9.17) is 4.74 Å². The lowest BCUT2D eigenvalue weighted by molar-refractivity contribution is -0.143. The molecule has 0 aliphatic heterocycles. The van der Waals surface area contributed by atoms with E-state index in [0.717, 1.165) is 32.1 Å². The van der Waals surface area contributed by atoms with E-state index in [2.05, 4.69) is 38.2 Å². The van der Waals surface area contributed by atoms with Gasteiger partial charge in [0.2, 0.25) is 0 Å². The summed E-state index contributed by atoms with van der Waals surface area (Å²) in [5, 5.41) is 0. The van der Waals surface area contributed by atoms with Crippen LogP contribution in [0.3, 0.4) is 0 Å². The lowest BCUT2D eigenvalue weighted by Gasteiger charge is -2.02. The van der Waals surface area contributed by atoms with Gasteiger partial charge in [-0.05, 0) is 32.1 Å². The van der Waals surface area contributed by atoms with Crippen molar-refractivity contribution in [2.24, 2.45) is 0 Å². The summed E-state index contributed by atoms with van der Waals surface area (Å²) in [6, 6.07) is 0. The van der Waals surface area contributed by atoms with Crippen LogP contribution >= 0.6 is 0 Å². The van der Waals surface area contributed by atoms with Crippen LogP contribution in [0.1, 0.15) is 78.1 Å². The third-order valence-corrected chi connectivity index (χ3v) is 3.11. The number of unbranched alkanes of at least 4 members (excludes halogenated alkanes) is 5. The highest BCUT2D eigenvalue weighted by molar-refractivity contribution is 5.69. The van der Waals surface area contributed by atoms with Crippen LogP contribution in [0.15, 0.2) is 24.3 Å². The highest BCUT2D eigenvalue weighted by Crippen LogP contribution is 2.02. The molecule has 2 heteroatoms. The van der Waals surface area contributed by atoms with Crippen LogP contribution in [0, 0.1) is 0 Å². The number of esters is 1. The third kappa shape index (κ3) is 15.0. The van der Waals surface area contributed by atoms with E-state index < -0.39 is 0 Å². The van der Waals surface area contributed by atoms with Gasteiger partial charge in [0, 0.05) is 6.42 Å². The maximum atomic E-state index is 11.3. The minimum Gasteiger partial charge on any atom is -0.465 e. The van der Waals surface area contributed by atoms with Crippen molar-refractivity contribution in [3.05, 3.63) is 24.3 Å². The van der Waals surface area contributed by atoms with Crippen LogP contribution in [0.5, 0.6) is 0 Å². The predicted octanol–water partition coefficient (Wildman–Crippen LogP) is 5.58. The van der Waals surface area contributed by atoms with E-state index in [1.54, 1.807) is 0 Å². The zero-order valence-corrected chi connectivity index (χ0v) is 13.4. The Bertz CT molecular complexity index is 267. The number of carbonyl (C=O) groups excluding carboxylic acids is 1. The van der Waals surface area contributed by atoms with Crippen molar-refractivity contribution in [1.29, 1.82) is 0 Å². The number of ether oxygens (including phenoxy) is 1. The van der Waals surface area contributed by atoms with Crippen molar-refractivity contribution in [1.82, 2.24) is 0 Å². The van der Waals surface area contributed by atoms with E-state index in [0.29, 0.717) is 13.0 Å². The Labute approximate surface area is 125 Å². The molecule has 0 fully saturated rings. The molecule has 0 amide bonds. The van der Waals surface area contributed by atoms with Crippen molar-refractivity contribution >= 4 is 5.97 Å². The van der Waals surface area contributed by atoms with Gasteiger partial charge in [0.05, 0.1) is 6.61 Å². The molecule has 2 nitrogen and oxygen atoms in total. The first kappa shape index (κ1) is 18.9. The molecule has 0 radical (unpaired) electrons. The van der Waals surface area contributed by atoms with Gasteiger partial charge < -0.3 is 4.74 Å². The van der Waals surface area contributed by atoms with Crippen LogP contribution < -0.4 is 0 Å². The first-order valence-electron chi connectivity index (χ1n) is 8.26. The maximum Gasteiger partial charge on any atom is 0.305 e. The molecular formula is C18H32O2. The molecule has 20 heavy (non-hydrogen) atoms. The molecule has 0 atom stereocenters. The molecule has 0 rings (SSSR count). The Hall–Kier alpha value is -1.05. The molecule has 0 N–H and O–H groups in total. The summed E-state index contributed by atoms with van der Waals surface area (Å²) >= 11 is 0. The molecule has 0 aromatic heterocycles. The Balaban J connectivity index is 3.32. The predicted molar refractivity (Wildman–Crippen MR) is 86.8 cm³/mol. The number of carbonyl (C=O) groups is 1. The SMILES string of the molecule is CCCCC/C=C\C/C=C\CCOC(=O)CCCCC. The third-order valence-electron chi connectivity index (χ3n) is 3.11. The highest BCUT2D eigenvalue weighted by atomic mass is 16.5. The Morgan fingerprint density at radius 2 is 1.50 bits per heavy atom. The van der Waals surface area contributed by atoms with Crippen molar-refractivity contribution in [2.45, 2.75) is 78.1 Å².